The van der Waals surface area contributed by atoms with Crippen molar-refractivity contribution in [3.8, 4) is 0 Å². The molecule has 0 bridgehead atoms. The SMILES string of the molecule is CC1COC(=O)C1NC(=O)Cc1ccc2[nH]c(=O)[nH]c2c1. The van der Waals surface area contributed by atoms with E-state index >= 15 is 0 Å². The molecule has 0 radical (unpaired) electrons. The standard InChI is InChI=1S/C14H15N3O4/c1-7-6-21-13(19)12(7)17-11(18)5-8-2-3-9-10(4-8)16-14(20)15-9/h2-4,7,12H,5-6H2,1H3,(H,17,18)(H2,15,16,20). The molecule has 0 saturated carbocycles. The van der Waals surface area contributed by atoms with Crippen molar-refractivity contribution in [2.45, 2.75) is 19.4 Å². The molecule has 2 unspecified atom stereocenters. The van der Waals surface area contributed by atoms with Gasteiger partial charge < -0.3 is 20.0 Å². The predicted molar refractivity (Wildman–Crippen MR) is 74.7 cm³/mol. The summed E-state index contributed by atoms with van der Waals surface area (Å²) in [5.74, 6) is -0.658. The molecule has 1 aromatic heterocycles. The van der Waals surface area contributed by atoms with Gasteiger partial charge in [-0.15, -0.1) is 0 Å². The molecule has 2 atom stereocenters. The number of imidazole rings is 1. The molecule has 1 aromatic carbocycles. The quantitative estimate of drug-likeness (QED) is 0.696. The number of H-pyrrole nitrogens is 2. The number of benzene rings is 1. The summed E-state index contributed by atoms with van der Waals surface area (Å²) in [6.07, 6.45) is 0.139. The molecule has 3 N–H and O–H groups in total. The van der Waals surface area contributed by atoms with Gasteiger partial charge in [0.25, 0.3) is 0 Å². The van der Waals surface area contributed by atoms with Crippen molar-refractivity contribution in [3.63, 3.8) is 0 Å². The van der Waals surface area contributed by atoms with Gasteiger partial charge in [0.15, 0.2) is 0 Å². The first kappa shape index (κ1) is 13.4. The summed E-state index contributed by atoms with van der Waals surface area (Å²) in [6.45, 7) is 2.19. The van der Waals surface area contributed by atoms with E-state index in [1.807, 2.05) is 6.92 Å². The Morgan fingerprint density at radius 3 is 2.81 bits per heavy atom. The highest BCUT2D eigenvalue weighted by Gasteiger charge is 2.34. The molecule has 110 valence electrons. The zero-order valence-electron chi connectivity index (χ0n) is 11.4. The highest BCUT2D eigenvalue weighted by molar-refractivity contribution is 5.87. The summed E-state index contributed by atoms with van der Waals surface area (Å²) in [5, 5.41) is 2.69. The minimum absolute atomic E-state index is 0.0232. The van der Waals surface area contributed by atoms with Gasteiger partial charge in [0, 0.05) is 5.92 Å². The van der Waals surface area contributed by atoms with E-state index in [1.165, 1.54) is 0 Å². The Morgan fingerprint density at radius 1 is 1.33 bits per heavy atom. The van der Waals surface area contributed by atoms with Crippen LogP contribution in [0.4, 0.5) is 0 Å². The highest BCUT2D eigenvalue weighted by atomic mass is 16.5. The molecule has 1 amide bonds. The van der Waals surface area contributed by atoms with E-state index in [0.29, 0.717) is 17.6 Å². The van der Waals surface area contributed by atoms with Crippen molar-refractivity contribution in [2.24, 2.45) is 5.92 Å². The van der Waals surface area contributed by atoms with E-state index in [0.717, 1.165) is 5.56 Å². The number of amides is 1. The Hall–Kier alpha value is -2.57. The van der Waals surface area contributed by atoms with E-state index in [-0.39, 0.29) is 29.9 Å². The van der Waals surface area contributed by atoms with Crippen LogP contribution in [0.2, 0.25) is 0 Å². The second-order valence-electron chi connectivity index (χ2n) is 5.29. The molecular formula is C14H15N3O4. The first-order valence-electron chi connectivity index (χ1n) is 6.70. The number of ether oxygens (including phenoxy) is 1. The molecule has 0 spiro atoms. The van der Waals surface area contributed by atoms with Gasteiger partial charge >= 0.3 is 11.7 Å². The van der Waals surface area contributed by atoms with Gasteiger partial charge in [0.2, 0.25) is 5.91 Å². The largest absolute Gasteiger partial charge is 0.464 e. The van der Waals surface area contributed by atoms with Gasteiger partial charge in [-0.05, 0) is 17.7 Å². The monoisotopic (exact) mass is 289 g/mol. The molecule has 1 fully saturated rings. The number of cyclic esters (lactones) is 1. The molecular weight excluding hydrogens is 274 g/mol. The first-order chi connectivity index (χ1) is 10.0. The molecule has 3 rings (SSSR count). The van der Waals surface area contributed by atoms with Gasteiger partial charge in [-0.3, -0.25) is 4.79 Å². The summed E-state index contributed by atoms with van der Waals surface area (Å²) in [6, 6.07) is 4.67. The third-order valence-electron chi connectivity index (χ3n) is 3.57. The van der Waals surface area contributed by atoms with E-state index in [9.17, 15) is 14.4 Å². The maximum atomic E-state index is 12.0. The summed E-state index contributed by atoms with van der Waals surface area (Å²) < 4.78 is 4.89. The zero-order valence-corrected chi connectivity index (χ0v) is 11.4. The molecule has 0 aliphatic carbocycles. The summed E-state index contributed by atoms with van der Waals surface area (Å²) in [5.41, 5.74) is 1.82. The molecule has 1 aliphatic rings. The van der Waals surface area contributed by atoms with Crippen LogP contribution in [0.5, 0.6) is 0 Å². The van der Waals surface area contributed by atoms with E-state index in [2.05, 4.69) is 15.3 Å². The lowest BCUT2D eigenvalue weighted by atomic mass is 10.1. The average molecular weight is 289 g/mol. The fourth-order valence-corrected chi connectivity index (χ4v) is 2.43. The van der Waals surface area contributed by atoms with Crippen molar-refractivity contribution in [1.29, 1.82) is 0 Å². The zero-order chi connectivity index (χ0) is 15.0. The van der Waals surface area contributed by atoms with Gasteiger partial charge in [-0.25, -0.2) is 9.59 Å². The second kappa shape index (κ2) is 5.08. The van der Waals surface area contributed by atoms with E-state index < -0.39 is 6.04 Å². The second-order valence-corrected chi connectivity index (χ2v) is 5.29. The number of rotatable bonds is 3. The molecule has 7 heteroatoms. The number of hydrogen-bond donors (Lipinski definition) is 3. The Balaban J connectivity index is 1.71. The molecule has 1 saturated heterocycles. The Bertz CT molecular complexity index is 761. The van der Waals surface area contributed by atoms with Gasteiger partial charge in [0.05, 0.1) is 24.1 Å². The number of aromatic nitrogens is 2. The van der Waals surface area contributed by atoms with Crippen LogP contribution in [-0.2, 0) is 20.7 Å². The van der Waals surface area contributed by atoms with E-state index in [4.69, 9.17) is 4.74 Å². The maximum Gasteiger partial charge on any atom is 0.329 e. The Kier molecular flexibility index (Phi) is 3.25. The van der Waals surface area contributed by atoms with E-state index in [1.54, 1.807) is 18.2 Å². The van der Waals surface area contributed by atoms with Gasteiger partial charge in [-0.1, -0.05) is 13.0 Å². The number of fused-ring (bicyclic) bond motifs is 1. The number of aromatic amines is 2. The number of esters is 1. The average Bonchev–Trinajstić information content (AvgIpc) is 2.94. The molecule has 21 heavy (non-hydrogen) atoms. The number of carbonyl (C=O) groups is 2. The maximum absolute atomic E-state index is 12.0. The first-order valence-corrected chi connectivity index (χ1v) is 6.70. The molecule has 2 aromatic rings. The normalized spacial score (nSPS) is 21.5. The van der Waals surface area contributed by atoms with Gasteiger partial charge in [0.1, 0.15) is 6.04 Å². The Labute approximate surface area is 119 Å². The summed E-state index contributed by atoms with van der Waals surface area (Å²) in [7, 11) is 0. The highest BCUT2D eigenvalue weighted by Crippen LogP contribution is 2.15. The summed E-state index contributed by atoms with van der Waals surface area (Å²) in [4.78, 5) is 39.9. The minimum atomic E-state index is -0.576. The third-order valence-corrected chi connectivity index (χ3v) is 3.57. The van der Waals surface area contributed by atoms with Crippen LogP contribution in [0.1, 0.15) is 12.5 Å². The smallest absolute Gasteiger partial charge is 0.329 e. The number of carbonyl (C=O) groups excluding carboxylic acids is 2. The van der Waals surface area contributed by atoms with Crippen molar-refractivity contribution >= 4 is 22.9 Å². The lowest BCUT2D eigenvalue weighted by Crippen LogP contribution is -2.42. The Morgan fingerprint density at radius 2 is 2.10 bits per heavy atom. The van der Waals surface area contributed by atoms with Crippen molar-refractivity contribution in [3.05, 3.63) is 34.2 Å². The molecule has 7 nitrogen and oxygen atoms in total. The van der Waals surface area contributed by atoms with Crippen molar-refractivity contribution in [1.82, 2.24) is 15.3 Å². The van der Waals surface area contributed by atoms with Crippen LogP contribution in [0.15, 0.2) is 23.0 Å². The lowest BCUT2D eigenvalue weighted by Gasteiger charge is -2.12. The van der Waals surface area contributed by atoms with Crippen LogP contribution < -0.4 is 11.0 Å². The van der Waals surface area contributed by atoms with Crippen LogP contribution in [0, 0.1) is 5.92 Å². The fourth-order valence-electron chi connectivity index (χ4n) is 2.43. The topological polar surface area (TPSA) is 104 Å². The molecule has 2 heterocycles. The number of hydrogen-bond acceptors (Lipinski definition) is 4. The lowest BCUT2D eigenvalue weighted by molar-refractivity contribution is -0.141. The third kappa shape index (κ3) is 2.67. The van der Waals surface area contributed by atoms with Crippen LogP contribution >= 0.6 is 0 Å². The minimum Gasteiger partial charge on any atom is -0.464 e. The summed E-state index contributed by atoms with van der Waals surface area (Å²) >= 11 is 0. The van der Waals surface area contributed by atoms with Crippen molar-refractivity contribution < 1.29 is 14.3 Å². The van der Waals surface area contributed by atoms with Crippen LogP contribution in [0.25, 0.3) is 11.0 Å². The molecule has 1 aliphatic heterocycles. The fraction of sp³-hybridized carbons (Fsp3) is 0.357. The van der Waals surface area contributed by atoms with Gasteiger partial charge in [-0.2, -0.15) is 0 Å². The van der Waals surface area contributed by atoms with Crippen LogP contribution in [0.3, 0.4) is 0 Å². The predicted octanol–water partition coefficient (Wildman–Crippen LogP) is 0.0764. The van der Waals surface area contributed by atoms with Crippen molar-refractivity contribution in [2.75, 3.05) is 6.61 Å². The van der Waals surface area contributed by atoms with Crippen LogP contribution in [-0.4, -0.2) is 34.5 Å². The number of nitrogens with one attached hydrogen (secondary N) is 3.